The summed E-state index contributed by atoms with van der Waals surface area (Å²) in [4.78, 5) is 8.25. The van der Waals surface area contributed by atoms with Gasteiger partial charge >= 0.3 is 0 Å². The Morgan fingerprint density at radius 3 is 2.26 bits per heavy atom. The number of ether oxygens (including phenoxy) is 4. The number of fused-ring (bicyclic) bond motifs is 1. The van der Waals surface area contributed by atoms with E-state index in [1.54, 1.807) is 48.7 Å². The van der Waals surface area contributed by atoms with Gasteiger partial charge in [-0.15, -0.1) is 0 Å². The molecular formula is C26H21Cl5FN3O4. The highest BCUT2D eigenvalue weighted by Crippen LogP contribution is 2.46. The molecule has 0 unspecified atom stereocenters. The molecular weight excluding hydrogens is 615 g/mol. The molecule has 1 aliphatic rings. The normalized spacial score (nSPS) is 23.1. The van der Waals surface area contributed by atoms with Crippen molar-refractivity contribution >= 4 is 69.0 Å². The summed E-state index contributed by atoms with van der Waals surface area (Å²) in [6.07, 6.45) is -0.519. The van der Waals surface area contributed by atoms with E-state index in [-0.39, 0.29) is 25.0 Å². The number of aromatic nitrogens is 3. The van der Waals surface area contributed by atoms with Crippen molar-refractivity contribution in [3.05, 3.63) is 91.4 Å². The summed E-state index contributed by atoms with van der Waals surface area (Å²) in [6.45, 7) is 0.0575. The van der Waals surface area contributed by atoms with Crippen LogP contribution >= 0.6 is 58.0 Å². The highest BCUT2D eigenvalue weighted by atomic mass is 35.5. The third-order valence-electron chi connectivity index (χ3n) is 6.38. The van der Waals surface area contributed by atoms with Gasteiger partial charge in [0.05, 0.1) is 25.2 Å². The Labute approximate surface area is 248 Å². The summed E-state index contributed by atoms with van der Waals surface area (Å²) >= 11 is 30.8. The first-order valence-corrected chi connectivity index (χ1v) is 13.5. The Morgan fingerprint density at radius 1 is 0.949 bits per heavy atom. The molecule has 4 atom stereocenters. The zero-order valence-corrected chi connectivity index (χ0v) is 24.1. The van der Waals surface area contributed by atoms with E-state index in [1.807, 2.05) is 0 Å². The fourth-order valence-electron chi connectivity index (χ4n) is 4.41. The molecule has 39 heavy (non-hydrogen) atoms. The van der Waals surface area contributed by atoms with Gasteiger partial charge in [-0.3, -0.25) is 0 Å². The van der Waals surface area contributed by atoms with Crippen LogP contribution in [0.15, 0.2) is 55.0 Å². The van der Waals surface area contributed by atoms with E-state index >= 15 is 4.39 Å². The first-order valence-electron chi connectivity index (χ1n) is 11.6. The highest BCUT2D eigenvalue weighted by molar-refractivity contribution is 6.35. The van der Waals surface area contributed by atoms with Crippen LogP contribution in [0.5, 0.6) is 0 Å². The van der Waals surface area contributed by atoms with Crippen molar-refractivity contribution in [2.24, 2.45) is 0 Å². The molecule has 3 heterocycles. The minimum Gasteiger partial charge on any atom is -0.374 e. The molecule has 1 saturated heterocycles. The molecule has 0 radical (unpaired) electrons. The molecule has 0 N–H and O–H groups in total. The standard InChI is InChI=1S/C26H21Cl5FN3O4/c1-36-26(32)22(38-11-15-3-5-17(28)9-20(15)30)21(12-37-10-14-2-4-16(27)8-19(14)29)39-25(26)35-7-6-18-23(31)33-13-34-24(18)35/h2-9,13,21-22,25H,10-12H2,1H3/t21-,22-,25-,26+/m1/s1. The van der Waals surface area contributed by atoms with Gasteiger partial charge in [0.1, 0.15) is 29.3 Å². The lowest BCUT2D eigenvalue weighted by Gasteiger charge is -2.30. The molecule has 4 aromatic rings. The minimum absolute atomic E-state index is 0.0360. The SMILES string of the molecule is CO[C@@]1(F)[C@H](OCc2ccc(Cl)cc2Cl)[C@@H](COCc2ccc(Cl)cc2Cl)O[C@H]1n1ccc2c(Cl)ncnc21. The lowest BCUT2D eigenvalue weighted by Crippen LogP contribution is -2.46. The molecule has 1 aliphatic heterocycles. The first-order chi connectivity index (χ1) is 18.7. The van der Waals surface area contributed by atoms with Crippen molar-refractivity contribution in [1.82, 2.24) is 14.5 Å². The first kappa shape index (κ1) is 28.8. The van der Waals surface area contributed by atoms with Crippen molar-refractivity contribution in [3.8, 4) is 0 Å². The molecule has 0 amide bonds. The van der Waals surface area contributed by atoms with Gasteiger partial charge in [0.2, 0.25) is 0 Å². The summed E-state index contributed by atoms with van der Waals surface area (Å²) in [5.41, 5.74) is 1.69. The predicted molar refractivity (Wildman–Crippen MR) is 148 cm³/mol. The number of hydrogen-bond donors (Lipinski definition) is 0. The van der Waals surface area contributed by atoms with E-state index in [2.05, 4.69) is 9.97 Å². The van der Waals surface area contributed by atoms with Crippen LogP contribution in [0.4, 0.5) is 4.39 Å². The smallest absolute Gasteiger partial charge is 0.283 e. The summed E-state index contributed by atoms with van der Waals surface area (Å²) < 4.78 is 41.9. The number of alkyl halides is 1. The molecule has 2 aromatic heterocycles. The maximum atomic E-state index is 16.8. The van der Waals surface area contributed by atoms with Crippen LogP contribution in [0.25, 0.3) is 11.0 Å². The van der Waals surface area contributed by atoms with Gasteiger partial charge in [0.15, 0.2) is 6.23 Å². The Kier molecular flexibility index (Phi) is 8.88. The van der Waals surface area contributed by atoms with Crippen LogP contribution in [-0.2, 0) is 32.2 Å². The van der Waals surface area contributed by atoms with E-state index < -0.39 is 24.3 Å². The van der Waals surface area contributed by atoms with E-state index in [0.29, 0.717) is 42.3 Å². The van der Waals surface area contributed by atoms with Crippen molar-refractivity contribution in [2.75, 3.05) is 13.7 Å². The molecule has 0 aliphatic carbocycles. The molecule has 0 spiro atoms. The fourth-order valence-corrected chi connectivity index (χ4v) is 5.53. The highest BCUT2D eigenvalue weighted by Gasteiger charge is 2.60. The topological polar surface area (TPSA) is 67.6 Å². The quantitative estimate of drug-likeness (QED) is 0.176. The van der Waals surface area contributed by atoms with Gasteiger partial charge in [-0.1, -0.05) is 70.1 Å². The Bertz CT molecular complexity index is 1490. The summed E-state index contributed by atoms with van der Waals surface area (Å²) in [5, 5.41) is 2.56. The van der Waals surface area contributed by atoms with Crippen LogP contribution in [0.1, 0.15) is 17.4 Å². The number of methoxy groups -OCH3 is 1. The second-order valence-corrected chi connectivity index (χ2v) is 10.8. The van der Waals surface area contributed by atoms with E-state index in [1.165, 1.54) is 18.0 Å². The van der Waals surface area contributed by atoms with Crippen LogP contribution in [-0.4, -0.2) is 46.3 Å². The van der Waals surface area contributed by atoms with E-state index in [4.69, 9.17) is 77.0 Å². The Hall–Kier alpha value is -1.72. The van der Waals surface area contributed by atoms with Gasteiger partial charge < -0.3 is 23.5 Å². The molecule has 0 saturated carbocycles. The maximum absolute atomic E-state index is 16.8. The lowest BCUT2D eigenvalue weighted by molar-refractivity contribution is -0.226. The molecule has 7 nitrogen and oxygen atoms in total. The maximum Gasteiger partial charge on any atom is 0.283 e. The van der Waals surface area contributed by atoms with Gasteiger partial charge in [-0.2, -0.15) is 0 Å². The van der Waals surface area contributed by atoms with Crippen molar-refractivity contribution in [1.29, 1.82) is 0 Å². The second kappa shape index (κ2) is 12.0. The van der Waals surface area contributed by atoms with Crippen molar-refractivity contribution in [2.45, 2.75) is 37.5 Å². The minimum atomic E-state index is -2.45. The average Bonchev–Trinajstić information content (AvgIpc) is 3.45. The largest absolute Gasteiger partial charge is 0.374 e. The predicted octanol–water partition coefficient (Wildman–Crippen LogP) is 7.71. The van der Waals surface area contributed by atoms with Crippen LogP contribution in [0, 0.1) is 0 Å². The van der Waals surface area contributed by atoms with Crippen LogP contribution < -0.4 is 0 Å². The molecule has 2 aromatic carbocycles. The summed E-state index contributed by atoms with van der Waals surface area (Å²) in [5.74, 6) is -2.45. The van der Waals surface area contributed by atoms with Gasteiger partial charge in [0.25, 0.3) is 5.85 Å². The molecule has 1 fully saturated rings. The van der Waals surface area contributed by atoms with Crippen LogP contribution in [0.2, 0.25) is 25.2 Å². The van der Waals surface area contributed by atoms with Crippen molar-refractivity contribution < 1.29 is 23.3 Å². The third kappa shape index (κ3) is 5.86. The monoisotopic (exact) mass is 633 g/mol. The fraction of sp³-hybridized carbons (Fsp3) is 0.308. The number of rotatable bonds is 9. The van der Waals surface area contributed by atoms with E-state index in [9.17, 15) is 0 Å². The lowest BCUT2D eigenvalue weighted by atomic mass is 10.1. The summed E-state index contributed by atoms with van der Waals surface area (Å²) in [6, 6.07) is 11.7. The Morgan fingerprint density at radius 2 is 1.62 bits per heavy atom. The molecule has 0 bridgehead atoms. The second-order valence-electron chi connectivity index (χ2n) is 8.77. The van der Waals surface area contributed by atoms with Gasteiger partial charge in [0, 0.05) is 33.4 Å². The molecule has 5 rings (SSSR count). The molecule has 206 valence electrons. The van der Waals surface area contributed by atoms with Crippen molar-refractivity contribution in [3.63, 3.8) is 0 Å². The molecule has 13 heteroatoms. The average molecular weight is 636 g/mol. The zero-order chi connectivity index (χ0) is 27.7. The summed E-state index contributed by atoms with van der Waals surface area (Å²) in [7, 11) is 1.24. The zero-order valence-electron chi connectivity index (χ0n) is 20.3. The van der Waals surface area contributed by atoms with Gasteiger partial charge in [-0.25, -0.2) is 14.4 Å². The van der Waals surface area contributed by atoms with Crippen LogP contribution in [0.3, 0.4) is 0 Å². The van der Waals surface area contributed by atoms with Gasteiger partial charge in [-0.05, 0) is 41.5 Å². The Balaban J connectivity index is 1.43. The number of halogens is 6. The van der Waals surface area contributed by atoms with E-state index in [0.717, 1.165) is 0 Å². The number of nitrogens with zero attached hydrogens (tertiary/aromatic N) is 3. The third-order valence-corrected chi connectivity index (χ3v) is 7.86. The number of hydrogen-bond acceptors (Lipinski definition) is 6. The number of benzene rings is 2.